The van der Waals surface area contributed by atoms with Gasteiger partial charge in [0, 0.05) is 44.5 Å². The van der Waals surface area contributed by atoms with E-state index < -0.39 is 0 Å². The highest BCUT2D eigenvalue weighted by molar-refractivity contribution is 5.76. The fourth-order valence-corrected chi connectivity index (χ4v) is 3.93. The maximum atomic E-state index is 12.8. The average Bonchev–Trinajstić information content (AvgIpc) is 3.01. The first-order valence-corrected chi connectivity index (χ1v) is 9.27. The van der Waals surface area contributed by atoms with Crippen LogP contribution in [-0.2, 0) is 22.6 Å². The van der Waals surface area contributed by atoms with Gasteiger partial charge in [-0.3, -0.25) is 14.4 Å². The van der Waals surface area contributed by atoms with Crippen molar-refractivity contribution < 1.29 is 9.53 Å². The van der Waals surface area contributed by atoms with Gasteiger partial charge in [0.25, 0.3) is 0 Å². The Kier molecular flexibility index (Phi) is 5.19. The third-order valence-electron chi connectivity index (χ3n) is 5.23. The summed E-state index contributed by atoms with van der Waals surface area (Å²) in [7, 11) is 0. The topological polar surface area (TPSA) is 74.4 Å². The molecule has 1 aromatic carbocycles. The van der Waals surface area contributed by atoms with E-state index in [1.54, 1.807) is 10.9 Å². The largest absolute Gasteiger partial charge is 0.379 e. The van der Waals surface area contributed by atoms with Gasteiger partial charge in [-0.2, -0.15) is 10.4 Å². The predicted octanol–water partition coefficient (Wildman–Crippen LogP) is 1.11. The third kappa shape index (κ3) is 4.18. The van der Waals surface area contributed by atoms with Gasteiger partial charge in [0.05, 0.1) is 30.9 Å². The van der Waals surface area contributed by atoms with Crippen LogP contribution in [0.25, 0.3) is 0 Å². The molecule has 0 N–H and O–H groups in total. The number of benzene rings is 1. The molecule has 2 bridgehead atoms. The highest BCUT2D eigenvalue weighted by atomic mass is 16.5. The Balaban J connectivity index is 1.48. The Morgan fingerprint density at radius 2 is 2.19 bits per heavy atom. The Morgan fingerprint density at radius 3 is 3.00 bits per heavy atom. The number of carbonyl (C=O) groups excluding carboxylic acids is 1. The van der Waals surface area contributed by atoms with E-state index in [1.165, 1.54) is 0 Å². The van der Waals surface area contributed by atoms with E-state index in [0.29, 0.717) is 37.8 Å². The first-order valence-electron chi connectivity index (χ1n) is 9.27. The molecule has 2 atom stereocenters. The molecule has 27 heavy (non-hydrogen) atoms. The number of fused-ring (bicyclic) bond motifs is 3. The van der Waals surface area contributed by atoms with Crippen molar-refractivity contribution in [2.45, 2.75) is 19.1 Å². The Bertz CT molecular complexity index is 829. The number of amides is 1. The highest BCUT2D eigenvalue weighted by Crippen LogP contribution is 2.22. The zero-order valence-electron chi connectivity index (χ0n) is 15.2. The van der Waals surface area contributed by atoms with Crippen molar-refractivity contribution in [3.05, 3.63) is 53.9 Å². The minimum atomic E-state index is 0.101. The second-order valence-electron chi connectivity index (χ2n) is 7.30. The maximum Gasteiger partial charge on any atom is 0.244 e. The molecule has 1 aromatic heterocycles. The van der Waals surface area contributed by atoms with Crippen molar-refractivity contribution in [1.82, 2.24) is 19.6 Å². The molecule has 0 aliphatic carbocycles. The van der Waals surface area contributed by atoms with Crippen LogP contribution in [0.4, 0.5) is 0 Å². The number of nitriles is 1. The number of ether oxygens (including phenoxy) is 1. The van der Waals surface area contributed by atoms with Crippen molar-refractivity contribution >= 4 is 5.91 Å². The number of carbonyl (C=O) groups is 1. The van der Waals surface area contributed by atoms with E-state index in [4.69, 9.17) is 10.00 Å². The lowest BCUT2D eigenvalue weighted by Gasteiger charge is -2.31. The molecule has 2 fully saturated rings. The van der Waals surface area contributed by atoms with Crippen molar-refractivity contribution in [3.63, 3.8) is 0 Å². The van der Waals surface area contributed by atoms with E-state index >= 15 is 0 Å². The highest BCUT2D eigenvalue weighted by Gasteiger charge is 2.35. The smallest absolute Gasteiger partial charge is 0.244 e. The van der Waals surface area contributed by atoms with Gasteiger partial charge in [-0.15, -0.1) is 0 Å². The van der Waals surface area contributed by atoms with Crippen LogP contribution in [0.15, 0.2) is 42.7 Å². The van der Waals surface area contributed by atoms with Gasteiger partial charge in [-0.25, -0.2) is 0 Å². The van der Waals surface area contributed by atoms with Gasteiger partial charge >= 0.3 is 0 Å². The second-order valence-corrected chi connectivity index (χ2v) is 7.30. The molecule has 0 radical (unpaired) electrons. The molecule has 2 saturated heterocycles. The van der Waals surface area contributed by atoms with Gasteiger partial charge in [0.15, 0.2) is 0 Å². The number of nitrogens with zero attached hydrogens (tertiary/aromatic N) is 5. The summed E-state index contributed by atoms with van der Waals surface area (Å²) in [6.07, 6.45) is 3.50. The van der Waals surface area contributed by atoms with Gasteiger partial charge in [-0.1, -0.05) is 12.1 Å². The molecular formula is C20H23N5O2. The summed E-state index contributed by atoms with van der Waals surface area (Å²) in [4.78, 5) is 17.1. The van der Waals surface area contributed by atoms with E-state index in [0.717, 1.165) is 18.7 Å². The van der Waals surface area contributed by atoms with Crippen LogP contribution in [0.3, 0.4) is 0 Å². The maximum absolute atomic E-state index is 12.8. The summed E-state index contributed by atoms with van der Waals surface area (Å²) in [5.74, 6) is 0.391. The summed E-state index contributed by atoms with van der Waals surface area (Å²) in [5.41, 5.74) is 1.80. The van der Waals surface area contributed by atoms with Crippen LogP contribution < -0.4 is 0 Å². The molecule has 3 heterocycles. The number of rotatable bonds is 4. The van der Waals surface area contributed by atoms with E-state index in [-0.39, 0.29) is 18.5 Å². The lowest BCUT2D eigenvalue weighted by molar-refractivity contribution is -0.134. The van der Waals surface area contributed by atoms with Gasteiger partial charge in [-0.05, 0) is 23.8 Å². The van der Waals surface area contributed by atoms with Crippen molar-refractivity contribution in [2.75, 3.05) is 32.8 Å². The van der Waals surface area contributed by atoms with E-state index in [1.807, 2.05) is 35.4 Å². The number of aromatic nitrogens is 2. The van der Waals surface area contributed by atoms with Crippen LogP contribution in [0.5, 0.6) is 0 Å². The van der Waals surface area contributed by atoms with Gasteiger partial charge in [0.1, 0.15) is 6.54 Å². The van der Waals surface area contributed by atoms with Crippen LogP contribution in [-0.4, -0.2) is 64.4 Å². The molecule has 2 aromatic rings. The first-order chi connectivity index (χ1) is 13.2. The van der Waals surface area contributed by atoms with E-state index in [2.05, 4.69) is 22.1 Å². The zero-order valence-corrected chi connectivity index (χ0v) is 15.2. The Labute approximate surface area is 158 Å². The summed E-state index contributed by atoms with van der Waals surface area (Å²) in [6.45, 7) is 4.61. The van der Waals surface area contributed by atoms with Crippen LogP contribution >= 0.6 is 0 Å². The van der Waals surface area contributed by atoms with Gasteiger partial charge < -0.3 is 9.64 Å². The lowest BCUT2D eigenvalue weighted by Crippen LogP contribution is -2.46. The minimum absolute atomic E-state index is 0.101. The average molecular weight is 365 g/mol. The quantitative estimate of drug-likeness (QED) is 0.812. The van der Waals surface area contributed by atoms with E-state index in [9.17, 15) is 4.79 Å². The van der Waals surface area contributed by atoms with Crippen LogP contribution in [0.1, 0.15) is 11.1 Å². The Morgan fingerprint density at radius 1 is 1.26 bits per heavy atom. The molecule has 0 spiro atoms. The summed E-state index contributed by atoms with van der Waals surface area (Å²) in [5, 5.41) is 13.3. The molecule has 7 heteroatoms. The third-order valence-corrected chi connectivity index (χ3v) is 5.23. The number of hydrogen-bond acceptors (Lipinski definition) is 5. The second kappa shape index (κ2) is 7.91. The molecule has 7 nitrogen and oxygen atoms in total. The number of hydrogen-bond donors (Lipinski definition) is 0. The molecule has 4 rings (SSSR count). The minimum Gasteiger partial charge on any atom is -0.379 e. The summed E-state index contributed by atoms with van der Waals surface area (Å²) >= 11 is 0. The fraction of sp³-hybridized carbons (Fsp3) is 0.450. The standard InChI is InChI=1S/C20H23N5O2/c21-8-16-3-1-4-17(7-16)9-23-10-18-11-24(12-19(23)15-27-14-18)20(26)13-25-6-2-5-22-25/h1-7,18-19H,9-15H2/t18-,19+/m1/s1. The first kappa shape index (κ1) is 17.7. The van der Waals surface area contributed by atoms with Crippen molar-refractivity contribution in [3.8, 4) is 6.07 Å². The molecular weight excluding hydrogens is 342 g/mol. The van der Waals surface area contributed by atoms with Crippen molar-refractivity contribution in [2.24, 2.45) is 5.92 Å². The molecule has 0 saturated carbocycles. The SMILES string of the molecule is N#Cc1cccc(CN2C[C@H]3COC[C@@H]2CN(C(=O)Cn2cccn2)C3)c1. The van der Waals surface area contributed by atoms with Crippen molar-refractivity contribution in [1.29, 1.82) is 5.26 Å². The Hall–Kier alpha value is -2.69. The lowest BCUT2D eigenvalue weighted by atomic mass is 10.1. The van der Waals surface area contributed by atoms with Crippen LogP contribution in [0, 0.1) is 17.2 Å². The molecule has 2 aliphatic rings. The molecule has 0 unspecified atom stereocenters. The van der Waals surface area contributed by atoms with Gasteiger partial charge in [0.2, 0.25) is 5.91 Å². The fourth-order valence-electron chi connectivity index (χ4n) is 3.93. The van der Waals surface area contributed by atoms with Crippen LogP contribution in [0.2, 0.25) is 0 Å². The molecule has 2 aliphatic heterocycles. The normalized spacial score (nSPS) is 22.9. The summed E-state index contributed by atoms with van der Waals surface area (Å²) < 4.78 is 7.53. The predicted molar refractivity (Wildman–Crippen MR) is 98.5 cm³/mol. The molecule has 1 amide bonds. The summed E-state index contributed by atoms with van der Waals surface area (Å²) in [6, 6.07) is 11.9. The molecule has 140 valence electrons. The monoisotopic (exact) mass is 365 g/mol. The zero-order chi connectivity index (χ0) is 18.6.